The molecule has 0 aromatic rings. The molecule has 0 aromatic carbocycles. The predicted octanol–water partition coefficient (Wildman–Crippen LogP) is 1.67. The molecular formula is C11H21NO3. The molecule has 4 nitrogen and oxygen atoms in total. The number of carbonyl (C=O) groups excluding carboxylic acids is 1. The second-order valence-corrected chi connectivity index (χ2v) is 5.37. The maximum atomic E-state index is 11.5. The lowest BCUT2D eigenvalue weighted by atomic mass is 10.1. The van der Waals surface area contributed by atoms with Crippen molar-refractivity contribution >= 4 is 6.09 Å². The number of nitrogens with one attached hydrogen (secondary N) is 1. The van der Waals surface area contributed by atoms with Crippen LogP contribution in [0.3, 0.4) is 0 Å². The Bertz CT molecular complexity index is 224. The molecule has 15 heavy (non-hydrogen) atoms. The van der Waals surface area contributed by atoms with Gasteiger partial charge >= 0.3 is 6.09 Å². The van der Waals surface area contributed by atoms with E-state index in [1.807, 2.05) is 27.7 Å². The van der Waals surface area contributed by atoms with Gasteiger partial charge in [0.25, 0.3) is 0 Å². The number of hydrogen-bond acceptors (Lipinski definition) is 3. The molecule has 2 N–H and O–H groups in total. The van der Waals surface area contributed by atoms with E-state index in [9.17, 15) is 9.90 Å². The van der Waals surface area contributed by atoms with Crippen molar-refractivity contribution in [3.8, 4) is 0 Å². The molecule has 88 valence electrons. The number of alkyl carbamates (subject to hydrolysis) is 1. The topological polar surface area (TPSA) is 58.6 Å². The van der Waals surface area contributed by atoms with Crippen molar-refractivity contribution in [2.45, 2.75) is 58.3 Å². The quantitative estimate of drug-likeness (QED) is 0.699. The highest BCUT2D eigenvalue weighted by molar-refractivity contribution is 5.68. The van der Waals surface area contributed by atoms with Crippen molar-refractivity contribution in [1.82, 2.24) is 5.32 Å². The lowest BCUT2D eigenvalue weighted by molar-refractivity contribution is 0.00316. The number of hydrogen-bond donors (Lipinski definition) is 2. The van der Waals surface area contributed by atoms with E-state index in [0.29, 0.717) is 6.42 Å². The number of amides is 1. The van der Waals surface area contributed by atoms with Crippen molar-refractivity contribution in [3.05, 3.63) is 0 Å². The summed E-state index contributed by atoms with van der Waals surface area (Å²) in [5.74, 6) is 0.241. The largest absolute Gasteiger partial charge is 0.443 e. The lowest BCUT2D eigenvalue weighted by Crippen LogP contribution is -2.44. The van der Waals surface area contributed by atoms with E-state index in [-0.39, 0.29) is 17.6 Å². The van der Waals surface area contributed by atoms with Crippen LogP contribution in [0.1, 0.15) is 40.5 Å². The van der Waals surface area contributed by atoms with Gasteiger partial charge in [-0.15, -0.1) is 0 Å². The highest BCUT2D eigenvalue weighted by Crippen LogP contribution is 2.28. The third-order valence-electron chi connectivity index (χ3n) is 2.58. The third kappa shape index (κ3) is 3.70. The van der Waals surface area contributed by atoms with Crippen LogP contribution in [0.15, 0.2) is 0 Å². The van der Waals surface area contributed by atoms with Crippen LogP contribution in [0.25, 0.3) is 0 Å². The van der Waals surface area contributed by atoms with Gasteiger partial charge in [-0.1, -0.05) is 6.92 Å². The molecule has 0 heterocycles. The molecular weight excluding hydrogens is 194 g/mol. The maximum Gasteiger partial charge on any atom is 0.407 e. The number of aliphatic hydroxyl groups excluding tert-OH is 1. The van der Waals surface area contributed by atoms with Gasteiger partial charge in [0.1, 0.15) is 6.10 Å². The minimum absolute atomic E-state index is 0.241. The van der Waals surface area contributed by atoms with Gasteiger partial charge in [0.05, 0.1) is 6.10 Å². The minimum Gasteiger partial charge on any atom is -0.443 e. The van der Waals surface area contributed by atoms with Gasteiger partial charge in [0, 0.05) is 5.54 Å². The molecule has 1 fully saturated rings. The zero-order valence-corrected chi connectivity index (χ0v) is 9.91. The van der Waals surface area contributed by atoms with E-state index in [1.165, 1.54) is 0 Å². The Kier molecular flexibility index (Phi) is 3.60. The summed E-state index contributed by atoms with van der Waals surface area (Å²) in [5, 5.41) is 12.3. The van der Waals surface area contributed by atoms with Crippen LogP contribution >= 0.6 is 0 Å². The van der Waals surface area contributed by atoms with Crippen molar-refractivity contribution in [2.24, 2.45) is 5.92 Å². The van der Waals surface area contributed by atoms with Crippen molar-refractivity contribution in [3.63, 3.8) is 0 Å². The molecule has 1 aliphatic carbocycles. The fourth-order valence-electron chi connectivity index (χ4n) is 1.80. The van der Waals surface area contributed by atoms with Gasteiger partial charge in [-0.25, -0.2) is 4.79 Å². The summed E-state index contributed by atoms with van der Waals surface area (Å²) in [7, 11) is 0. The summed E-state index contributed by atoms with van der Waals surface area (Å²) >= 11 is 0. The van der Waals surface area contributed by atoms with Crippen LogP contribution in [0.2, 0.25) is 0 Å². The van der Waals surface area contributed by atoms with Crippen molar-refractivity contribution in [2.75, 3.05) is 0 Å². The van der Waals surface area contributed by atoms with E-state index in [2.05, 4.69) is 5.32 Å². The van der Waals surface area contributed by atoms with Gasteiger partial charge in [-0.3, -0.25) is 0 Å². The monoisotopic (exact) mass is 215 g/mol. The number of rotatable bonds is 1. The summed E-state index contributed by atoms with van der Waals surface area (Å²) in [6, 6.07) is 0. The molecule has 0 radical (unpaired) electrons. The fourth-order valence-corrected chi connectivity index (χ4v) is 1.80. The minimum atomic E-state index is -0.509. The molecule has 4 heteroatoms. The first-order chi connectivity index (χ1) is 6.79. The second kappa shape index (κ2) is 4.39. The van der Waals surface area contributed by atoms with Crippen LogP contribution in [0.4, 0.5) is 4.79 Å². The molecule has 0 aromatic heterocycles. The maximum absolute atomic E-state index is 11.5. The number of ether oxygens (including phenoxy) is 1. The number of carbonyl (C=O) groups is 1. The second-order valence-electron chi connectivity index (χ2n) is 5.37. The van der Waals surface area contributed by atoms with Crippen LogP contribution in [-0.4, -0.2) is 28.9 Å². The Balaban J connectivity index is 2.44. The Labute approximate surface area is 91.0 Å². The van der Waals surface area contributed by atoms with Crippen LogP contribution < -0.4 is 5.32 Å². The third-order valence-corrected chi connectivity index (χ3v) is 2.58. The predicted molar refractivity (Wildman–Crippen MR) is 57.6 cm³/mol. The average Bonchev–Trinajstić information content (AvgIpc) is 2.32. The van der Waals surface area contributed by atoms with E-state index < -0.39 is 12.2 Å². The molecule has 0 bridgehead atoms. The normalized spacial score (nSPS) is 31.4. The molecule has 0 spiro atoms. The van der Waals surface area contributed by atoms with E-state index >= 15 is 0 Å². The molecule has 1 saturated carbocycles. The Hall–Kier alpha value is -0.770. The zero-order chi connectivity index (χ0) is 11.6. The van der Waals surface area contributed by atoms with Gasteiger partial charge in [0.2, 0.25) is 0 Å². The van der Waals surface area contributed by atoms with Gasteiger partial charge in [-0.2, -0.15) is 0 Å². The molecule has 1 aliphatic rings. The molecule has 1 rings (SSSR count). The first kappa shape index (κ1) is 12.3. The van der Waals surface area contributed by atoms with Crippen LogP contribution in [-0.2, 0) is 4.74 Å². The first-order valence-electron chi connectivity index (χ1n) is 5.46. The van der Waals surface area contributed by atoms with E-state index in [4.69, 9.17) is 4.74 Å². The van der Waals surface area contributed by atoms with E-state index in [1.54, 1.807) is 0 Å². The fraction of sp³-hybridized carbons (Fsp3) is 0.909. The first-order valence-corrected chi connectivity index (χ1v) is 5.46. The Morgan fingerprint density at radius 2 is 2.00 bits per heavy atom. The van der Waals surface area contributed by atoms with Crippen LogP contribution in [0, 0.1) is 5.92 Å². The van der Waals surface area contributed by atoms with E-state index in [0.717, 1.165) is 6.42 Å². The highest BCUT2D eigenvalue weighted by Gasteiger charge is 2.35. The summed E-state index contributed by atoms with van der Waals surface area (Å²) in [6.07, 6.45) is 0.321. The Morgan fingerprint density at radius 1 is 1.40 bits per heavy atom. The summed E-state index contributed by atoms with van der Waals surface area (Å²) < 4.78 is 5.21. The lowest BCUT2D eigenvalue weighted by Gasteiger charge is -2.24. The molecule has 1 amide bonds. The van der Waals surface area contributed by atoms with Gasteiger partial charge < -0.3 is 15.2 Å². The Morgan fingerprint density at radius 3 is 2.40 bits per heavy atom. The molecule has 3 unspecified atom stereocenters. The molecule has 0 aliphatic heterocycles. The SMILES string of the molecule is CC1CCC(O)C1OC(=O)NC(C)(C)C. The van der Waals surface area contributed by atoms with Crippen molar-refractivity contribution < 1.29 is 14.6 Å². The summed E-state index contributed by atoms with van der Waals surface area (Å²) in [6.45, 7) is 7.67. The highest BCUT2D eigenvalue weighted by atomic mass is 16.6. The number of aliphatic hydroxyl groups is 1. The smallest absolute Gasteiger partial charge is 0.407 e. The summed E-state index contributed by atoms with van der Waals surface area (Å²) in [5.41, 5.74) is -0.302. The zero-order valence-electron chi connectivity index (χ0n) is 9.91. The standard InChI is InChI=1S/C11H21NO3/c1-7-5-6-8(13)9(7)15-10(14)12-11(2,3)4/h7-9,13H,5-6H2,1-4H3,(H,12,14). The summed E-state index contributed by atoms with van der Waals surface area (Å²) in [4.78, 5) is 11.5. The van der Waals surface area contributed by atoms with Gasteiger partial charge in [0.15, 0.2) is 0 Å². The van der Waals surface area contributed by atoms with Crippen molar-refractivity contribution in [1.29, 1.82) is 0 Å². The van der Waals surface area contributed by atoms with Gasteiger partial charge in [-0.05, 0) is 39.5 Å². The molecule has 0 saturated heterocycles. The van der Waals surface area contributed by atoms with Crippen LogP contribution in [0.5, 0.6) is 0 Å². The average molecular weight is 215 g/mol. The molecule has 3 atom stereocenters.